The van der Waals surface area contributed by atoms with Gasteiger partial charge in [-0.2, -0.15) is 0 Å². The smallest absolute Gasteiger partial charge is 0.253 e. The van der Waals surface area contributed by atoms with Gasteiger partial charge >= 0.3 is 0 Å². The normalized spacial score (nSPS) is 12.3. The molecule has 1 aromatic carbocycles. The van der Waals surface area contributed by atoms with Crippen molar-refractivity contribution in [2.75, 3.05) is 0 Å². The molecule has 6 heteroatoms. The van der Waals surface area contributed by atoms with E-state index in [0.717, 1.165) is 5.39 Å². The number of nitrogens with two attached hydrogens (primary N) is 1. The summed E-state index contributed by atoms with van der Waals surface area (Å²) in [6.07, 6.45) is 0.0185. The lowest BCUT2D eigenvalue weighted by molar-refractivity contribution is 0.243. The standard InChI is InChI=1S/C14H17ClN2O2.ClH/c1-7(2)19-13-6-12-9(5-11(13)15)4-10(8(3)16)14(18)17-12;/h4-8H,16H2,1-3H3,(H,17,18);1H. The summed E-state index contributed by atoms with van der Waals surface area (Å²) in [5.74, 6) is 0.563. The van der Waals surface area contributed by atoms with Crippen LogP contribution >= 0.6 is 24.0 Å². The molecule has 1 atom stereocenters. The minimum atomic E-state index is -0.321. The Kier molecular flexibility index (Phi) is 5.45. The van der Waals surface area contributed by atoms with Crippen LogP contribution in [0.2, 0.25) is 5.02 Å². The minimum Gasteiger partial charge on any atom is -0.489 e. The van der Waals surface area contributed by atoms with E-state index in [0.29, 0.717) is 21.9 Å². The highest BCUT2D eigenvalue weighted by Gasteiger charge is 2.11. The summed E-state index contributed by atoms with van der Waals surface area (Å²) < 4.78 is 5.59. The molecular weight excluding hydrogens is 299 g/mol. The van der Waals surface area contributed by atoms with Crippen molar-refractivity contribution in [3.8, 4) is 5.75 Å². The number of pyridine rings is 1. The average Bonchev–Trinajstić information content (AvgIpc) is 2.29. The van der Waals surface area contributed by atoms with E-state index in [1.165, 1.54) is 0 Å². The molecule has 0 aliphatic carbocycles. The zero-order valence-corrected chi connectivity index (χ0v) is 13.1. The summed E-state index contributed by atoms with van der Waals surface area (Å²) in [6, 6.07) is 4.96. The van der Waals surface area contributed by atoms with Gasteiger partial charge in [0.15, 0.2) is 0 Å². The number of hydrogen-bond donors (Lipinski definition) is 2. The average molecular weight is 317 g/mol. The van der Waals surface area contributed by atoms with Gasteiger partial charge in [0.05, 0.1) is 16.6 Å². The molecule has 20 heavy (non-hydrogen) atoms. The fourth-order valence-electron chi connectivity index (χ4n) is 1.91. The van der Waals surface area contributed by atoms with Crippen LogP contribution in [0.4, 0.5) is 0 Å². The first-order chi connectivity index (χ1) is 8.88. The Hall–Kier alpha value is -1.23. The molecule has 0 bridgehead atoms. The zero-order chi connectivity index (χ0) is 14.2. The molecular formula is C14H18Cl2N2O2. The lowest BCUT2D eigenvalue weighted by Crippen LogP contribution is -2.19. The fraction of sp³-hybridized carbons (Fsp3) is 0.357. The van der Waals surface area contributed by atoms with Crippen LogP contribution in [-0.4, -0.2) is 11.1 Å². The molecule has 0 aliphatic rings. The van der Waals surface area contributed by atoms with Crippen LogP contribution in [0.3, 0.4) is 0 Å². The van der Waals surface area contributed by atoms with E-state index in [9.17, 15) is 4.79 Å². The number of rotatable bonds is 3. The van der Waals surface area contributed by atoms with Crippen molar-refractivity contribution in [1.82, 2.24) is 4.98 Å². The zero-order valence-electron chi connectivity index (χ0n) is 11.6. The van der Waals surface area contributed by atoms with Crippen LogP contribution in [0.1, 0.15) is 32.4 Å². The van der Waals surface area contributed by atoms with Crippen molar-refractivity contribution in [1.29, 1.82) is 0 Å². The van der Waals surface area contributed by atoms with Gasteiger partial charge in [-0.15, -0.1) is 12.4 Å². The van der Waals surface area contributed by atoms with Gasteiger partial charge in [0.25, 0.3) is 5.56 Å². The minimum absolute atomic E-state index is 0. The lowest BCUT2D eigenvalue weighted by atomic mass is 10.1. The number of fused-ring (bicyclic) bond motifs is 1. The van der Waals surface area contributed by atoms with Crippen LogP contribution in [0, 0.1) is 0 Å². The Morgan fingerprint density at radius 1 is 1.25 bits per heavy atom. The summed E-state index contributed by atoms with van der Waals surface area (Å²) in [4.78, 5) is 14.7. The topological polar surface area (TPSA) is 68.1 Å². The summed E-state index contributed by atoms with van der Waals surface area (Å²) in [7, 11) is 0. The monoisotopic (exact) mass is 316 g/mol. The van der Waals surface area contributed by atoms with E-state index >= 15 is 0 Å². The molecule has 2 rings (SSSR count). The Labute approximate surface area is 128 Å². The third kappa shape index (κ3) is 3.45. The van der Waals surface area contributed by atoms with Crippen LogP contribution < -0.4 is 16.0 Å². The summed E-state index contributed by atoms with van der Waals surface area (Å²) >= 11 is 6.17. The molecule has 0 spiro atoms. The summed E-state index contributed by atoms with van der Waals surface area (Å²) in [5, 5.41) is 1.36. The van der Waals surface area contributed by atoms with Crippen molar-refractivity contribution in [3.05, 3.63) is 39.1 Å². The molecule has 1 heterocycles. The number of ether oxygens (including phenoxy) is 1. The molecule has 1 unspecified atom stereocenters. The van der Waals surface area contributed by atoms with Gasteiger partial charge in [0, 0.05) is 23.1 Å². The summed E-state index contributed by atoms with van der Waals surface area (Å²) in [6.45, 7) is 5.61. The molecule has 4 nitrogen and oxygen atoms in total. The summed E-state index contributed by atoms with van der Waals surface area (Å²) in [5.41, 5.74) is 6.81. The van der Waals surface area contributed by atoms with Gasteiger partial charge < -0.3 is 15.5 Å². The highest BCUT2D eigenvalue weighted by molar-refractivity contribution is 6.32. The van der Waals surface area contributed by atoms with Crippen LogP contribution in [0.25, 0.3) is 10.9 Å². The molecule has 0 saturated carbocycles. The number of hydrogen-bond acceptors (Lipinski definition) is 3. The van der Waals surface area contributed by atoms with Crippen LogP contribution in [-0.2, 0) is 0 Å². The van der Waals surface area contributed by atoms with Gasteiger partial charge in [-0.05, 0) is 32.9 Å². The molecule has 2 aromatic rings. The fourth-order valence-corrected chi connectivity index (χ4v) is 2.12. The number of H-pyrrole nitrogens is 1. The van der Waals surface area contributed by atoms with Crippen molar-refractivity contribution in [3.63, 3.8) is 0 Å². The first kappa shape index (κ1) is 16.8. The number of aromatic amines is 1. The van der Waals surface area contributed by atoms with Crippen molar-refractivity contribution < 1.29 is 4.74 Å². The largest absolute Gasteiger partial charge is 0.489 e. The Morgan fingerprint density at radius 2 is 1.90 bits per heavy atom. The molecule has 1 aromatic heterocycles. The molecule has 0 amide bonds. The second-order valence-electron chi connectivity index (χ2n) is 4.88. The molecule has 0 saturated heterocycles. The lowest BCUT2D eigenvalue weighted by Gasteiger charge is -2.13. The quantitative estimate of drug-likeness (QED) is 0.911. The first-order valence-corrected chi connectivity index (χ1v) is 6.55. The van der Waals surface area contributed by atoms with Crippen LogP contribution in [0.15, 0.2) is 23.0 Å². The van der Waals surface area contributed by atoms with E-state index in [2.05, 4.69) is 4.98 Å². The predicted molar refractivity (Wildman–Crippen MR) is 85.2 cm³/mol. The Morgan fingerprint density at radius 3 is 2.45 bits per heavy atom. The van der Waals surface area contributed by atoms with Crippen molar-refractivity contribution in [2.24, 2.45) is 5.73 Å². The van der Waals surface area contributed by atoms with Gasteiger partial charge in [-0.1, -0.05) is 11.6 Å². The molecule has 0 aliphatic heterocycles. The van der Waals surface area contributed by atoms with E-state index in [1.807, 2.05) is 13.8 Å². The van der Waals surface area contributed by atoms with Gasteiger partial charge in [0.1, 0.15) is 5.75 Å². The Balaban J connectivity index is 0.00000200. The van der Waals surface area contributed by atoms with E-state index < -0.39 is 0 Å². The maximum Gasteiger partial charge on any atom is 0.253 e. The second kappa shape index (κ2) is 6.48. The SMILES string of the molecule is CC(C)Oc1cc2[nH]c(=O)c(C(C)N)cc2cc1Cl.Cl. The van der Waals surface area contributed by atoms with Crippen molar-refractivity contribution >= 4 is 34.9 Å². The predicted octanol–water partition coefficient (Wildman–Crippen LogP) is 3.41. The van der Waals surface area contributed by atoms with Gasteiger partial charge in [0.2, 0.25) is 0 Å². The van der Waals surface area contributed by atoms with E-state index in [4.69, 9.17) is 22.1 Å². The van der Waals surface area contributed by atoms with E-state index in [1.54, 1.807) is 25.1 Å². The maximum absolute atomic E-state index is 11.9. The highest BCUT2D eigenvalue weighted by Crippen LogP contribution is 2.30. The third-order valence-electron chi connectivity index (χ3n) is 2.78. The molecule has 0 fully saturated rings. The highest BCUT2D eigenvalue weighted by atomic mass is 35.5. The van der Waals surface area contributed by atoms with Crippen LogP contribution in [0.5, 0.6) is 5.75 Å². The number of aromatic nitrogens is 1. The van der Waals surface area contributed by atoms with E-state index in [-0.39, 0.29) is 30.1 Å². The van der Waals surface area contributed by atoms with Gasteiger partial charge in [-0.25, -0.2) is 0 Å². The second-order valence-corrected chi connectivity index (χ2v) is 5.29. The first-order valence-electron chi connectivity index (χ1n) is 6.17. The Bertz CT molecular complexity index is 666. The maximum atomic E-state index is 11.9. The van der Waals surface area contributed by atoms with Gasteiger partial charge in [-0.3, -0.25) is 4.79 Å². The number of benzene rings is 1. The number of halogens is 2. The van der Waals surface area contributed by atoms with Crippen molar-refractivity contribution in [2.45, 2.75) is 32.9 Å². The molecule has 0 radical (unpaired) electrons. The number of nitrogens with one attached hydrogen (secondary N) is 1. The third-order valence-corrected chi connectivity index (χ3v) is 3.07. The molecule has 3 N–H and O–H groups in total. The molecule has 110 valence electrons.